The standard InChI is InChI=1S/C35H48N4O8/c1-5-21(3)30-35(46)38-18-12-11-16-26(38)29(42)19-22(13-7-10-17-28(41)27(40)6-2)33(44)37-31(34(45)36-30)32(43)24-20-39(47-4)25-15-9-8-14-23(24)25/h8-9,14-15,20-22,26,28,30-31,41H,5-7,10-13,16-19H2,1-4H3,(H,36,45)(H,37,44)/t21?,22-,26-,28?,30+,31+/m1/s1. The van der Waals surface area contributed by atoms with Gasteiger partial charge in [-0.15, -0.1) is 0 Å². The lowest BCUT2D eigenvalue weighted by Gasteiger charge is -2.39. The van der Waals surface area contributed by atoms with Gasteiger partial charge in [0.05, 0.1) is 17.8 Å². The number of aliphatic hydroxyl groups excluding tert-OH is 1. The molecule has 3 heterocycles. The Hall–Kier alpha value is -4.06. The Labute approximate surface area is 275 Å². The SMILES string of the molecule is CCC(=O)C(O)CCCC[C@@H]1CC(=O)[C@H]2CCCCN2C(=O)[C@H](C(C)CC)NC(=O)[C@H](C(=O)c2cn(OC)c3ccccc23)NC1=O. The summed E-state index contributed by atoms with van der Waals surface area (Å²) in [5.41, 5.74) is 0.744. The molecule has 4 rings (SSSR count). The third kappa shape index (κ3) is 8.09. The van der Waals surface area contributed by atoms with Crippen LogP contribution in [0.15, 0.2) is 30.5 Å². The van der Waals surface area contributed by atoms with Gasteiger partial charge in [-0.25, -0.2) is 0 Å². The highest BCUT2D eigenvalue weighted by molar-refractivity contribution is 6.20. The van der Waals surface area contributed by atoms with Crippen LogP contribution in [0.2, 0.25) is 0 Å². The number of nitrogens with zero attached hydrogens (tertiary/aromatic N) is 2. The van der Waals surface area contributed by atoms with E-state index in [1.165, 1.54) is 18.0 Å². The van der Waals surface area contributed by atoms with Crippen LogP contribution in [-0.2, 0) is 24.0 Å². The first-order valence-corrected chi connectivity index (χ1v) is 16.9. The van der Waals surface area contributed by atoms with Crippen LogP contribution < -0.4 is 15.5 Å². The monoisotopic (exact) mass is 652 g/mol. The van der Waals surface area contributed by atoms with Crippen LogP contribution in [0, 0.1) is 11.8 Å². The van der Waals surface area contributed by atoms with Crippen molar-refractivity contribution in [3.63, 3.8) is 0 Å². The summed E-state index contributed by atoms with van der Waals surface area (Å²) in [6, 6.07) is 3.61. The van der Waals surface area contributed by atoms with Crippen LogP contribution in [0.3, 0.4) is 0 Å². The summed E-state index contributed by atoms with van der Waals surface area (Å²) < 4.78 is 1.40. The number of Topliss-reactive ketones (excluding diaryl/α,β-unsaturated/α-hetero) is 3. The lowest BCUT2D eigenvalue weighted by Crippen LogP contribution is -2.62. The molecule has 12 heteroatoms. The Balaban J connectivity index is 1.71. The van der Waals surface area contributed by atoms with Crippen LogP contribution >= 0.6 is 0 Å². The van der Waals surface area contributed by atoms with Crippen molar-refractivity contribution >= 4 is 46.0 Å². The number of para-hydroxylation sites is 1. The molecule has 0 bridgehead atoms. The molecule has 256 valence electrons. The Morgan fingerprint density at radius 2 is 1.79 bits per heavy atom. The molecule has 2 aromatic rings. The molecule has 1 aromatic heterocycles. The second-order valence-electron chi connectivity index (χ2n) is 12.8. The molecule has 12 nitrogen and oxygen atoms in total. The molecule has 47 heavy (non-hydrogen) atoms. The molecule has 2 aliphatic heterocycles. The Kier molecular flexibility index (Phi) is 12.3. The van der Waals surface area contributed by atoms with Gasteiger partial charge in [-0.3, -0.25) is 28.8 Å². The average molecular weight is 653 g/mol. The van der Waals surface area contributed by atoms with E-state index in [9.17, 15) is 33.9 Å². The highest BCUT2D eigenvalue weighted by Gasteiger charge is 2.42. The summed E-state index contributed by atoms with van der Waals surface area (Å²) in [5.74, 6) is -4.18. The van der Waals surface area contributed by atoms with Crippen molar-refractivity contribution in [3.8, 4) is 0 Å². The van der Waals surface area contributed by atoms with Crippen molar-refractivity contribution in [2.45, 2.75) is 109 Å². The molecule has 0 radical (unpaired) electrons. The zero-order valence-corrected chi connectivity index (χ0v) is 27.8. The molecule has 2 unspecified atom stereocenters. The molecule has 6 atom stereocenters. The lowest BCUT2D eigenvalue weighted by atomic mass is 9.87. The number of hydrogen-bond donors (Lipinski definition) is 3. The van der Waals surface area contributed by atoms with Crippen LogP contribution in [0.1, 0.15) is 95.3 Å². The minimum atomic E-state index is -1.68. The van der Waals surface area contributed by atoms with Gasteiger partial charge in [0.15, 0.2) is 23.4 Å². The second-order valence-corrected chi connectivity index (χ2v) is 12.8. The Bertz CT molecular complexity index is 1490. The van der Waals surface area contributed by atoms with E-state index in [4.69, 9.17) is 4.84 Å². The number of hydrogen-bond acceptors (Lipinski definition) is 8. The van der Waals surface area contributed by atoms with Gasteiger partial charge in [0, 0.05) is 36.3 Å². The number of unbranched alkanes of at least 4 members (excludes halogenated alkanes) is 1. The minimum absolute atomic E-state index is 0.153. The molecule has 0 spiro atoms. The summed E-state index contributed by atoms with van der Waals surface area (Å²) in [6.07, 6.45) is 4.23. The summed E-state index contributed by atoms with van der Waals surface area (Å²) in [5, 5.41) is 16.1. The van der Waals surface area contributed by atoms with Crippen LogP contribution in [0.5, 0.6) is 0 Å². The van der Waals surface area contributed by atoms with Gasteiger partial charge in [-0.1, -0.05) is 58.2 Å². The van der Waals surface area contributed by atoms with Crippen molar-refractivity contribution in [1.82, 2.24) is 20.3 Å². The number of amides is 3. The summed E-state index contributed by atoms with van der Waals surface area (Å²) in [6.45, 7) is 5.76. The third-order valence-electron chi connectivity index (χ3n) is 9.70. The topological polar surface area (TPSA) is 164 Å². The Morgan fingerprint density at radius 3 is 2.49 bits per heavy atom. The molecule has 2 fully saturated rings. The molecule has 0 aliphatic carbocycles. The molecule has 3 N–H and O–H groups in total. The second kappa shape index (κ2) is 16.2. The molecule has 2 aliphatic rings. The molecular formula is C35H48N4O8. The maximum absolute atomic E-state index is 14.2. The zero-order chi connectivity index (χ0) is 34.2. The predicted molar refractivity (Wildman–Crippen MR) is 174 cm³/mol. The maximum atomic E-state index is 14.2. The van der Waals surface area contributed by atoms with Gasteiger partial charge >= 0.3 is 0 Å². The van der Waals surface area contributed by atoms with Crippen molar-refractivity contribution in [3.05, 3.63) is 36.0 Å². The number of aliphatic hydroxyl groups is 1. The van der Waals surface area contributed by atoms with E-state index in [2.05, 4.69) is 10.6 Å². The number of benzene rings is 1. The molecule has 3 amide bonds. The van der Waals surface area contributed by atoms with E-state index in [1.54, 1.807) is 36.1 Å². The summed E-state index contributed by atoms with van der Waals surface area (Å²) in [7, 11) is 1.44. The Morgan fingerprint density at radius 1 is 1.04 bits per heavy atom. The zero-order valence-electron chi connectivity index (χ0n) is 27.8. The predicted octanol–water partition coefficient (Wildman–Crippen LogP) is 2.77. The van der Waals surface area contributed by atoms with Crippen LogP contribution in [-0.4, -0.2) is 87.7 Å². The molecule has 1 aromatic carbocycles. The number of rotatable bonds is 12. The third-order valence-corrected chi connectivity index (χ3v) is 9.70. The van der Waals surface area contributed by atoms with E-state index in [0.29, 0.717) is 49.6 Å². The largest absolute Gasteiger partial charge is 0.417 e. The van der Waals surface area contributed by atoms with Gasteiger partial charge in [0.1, 0.15) is 19.3 Å². The first-order chi connectivity index (χ1) is 22.5. The molecule has 0 saturated carbocycles. The van der Waals surface area contributed by atoms with E-state index >= 15 is 0 Å². The highest BCUT2D eigenvalue weighted by atomic mass is 16.6. The fourth-order valence-electron chi connectivity index (χ4n) is 6.62. The first kappa shape index (κ1) is 35.8. The van der Waals surface area contributed by atoms with Crippen molar-refractivity contribution in [2.24, 2.45) is 11.8 Å². The fourth-order valence-corrected chi connectivity index (χ4v) is 6.62. The number of nitrogens with one attached hydrogen (secondary N) is 2. The van der Waals surface area contributed by atoms with Gasteiger partial charge < -0.3 is 25.5 Å². The van der Waals surface area contributed by atoms with Crippen LogP contribution in [0.25, 0.3) is 10.9 Å². The quantitative estimate of drug-likeness (QED) is 0.179. The number of fused-ring (bicyclic) bond motifs is 2. The van der Waals surface area contributed by atoms with Crippen molar-refractivity contribution in [2.75, 3.05) is 13.7 Å². The van der Waals surface area contributed by atoms with Gasteiger partial charge in [0.25, 0.3) is 5.91 Å². The highest BCUT2D eigenvalue weighted by Crippen LogP contribution is 2.27. The summed E-state index contributed by atoms with van der Waals surface area (Å²) >= 11 is 0. The smallest absolute Gasteiger partial charge is 0.251 e. The maximum Gasteiger partial charge on any atom is 0.251 e. The van der Waals surface area contributed by atoms with Crippen molar-refractivity contribution in [1.29, 1.82) is 0 Å². The number of ketones is 3. The summed E-state index contributed by atoms with van der Waals surface area (Å²) in [4.78, 5) is 88.9. The number of piperidine rings is 1. The van der Waals surface area contributed by atoms with E-state index in [0.717, 1.165) is 6.42 Å². The minimum Gasteiger partial charge on any atom is -0.417 e. The van der Waals surface area contributed by atoms with E-state index < -0.39 is 47.7 Å². The lowest BCUT2D eigenvalue weighted by molar-refractivity contribution is -0.147. The van der Waals surface area contributed by atoms with E-state index in [1.807, 2.05) is 13.8 Å². The number of carbonyl (C=O) groups is 6. The van der Waals surface area contributed by atoms with Crippen LogP contribution in [0.4, 0.5) is 0 Å². The molecule has 2 saturated heterocycles. The number of carbonyl (C=O) groups excluding carboxylic acids is 6. The van der Waals surface area contributed by atoms with Gasteiger partial charge in [-0.05, 0) is 44.1 Å². The van der Waals surface area contributed by atoms with Gasteiger partial charge in [-0.2, -0.15) is 4.73 Å². The van der Waals surface area contributed by atoms with Gasteiger partial charge in [0.2, 0.25) is 11.8 Å². The normalized spacial score (nSPS) is 24.0. The molecular weight excluding hydrogens is 604 g/mol. The fraction of sp³-hybridized carbons (Fsp3) is 0.600. The first-order valence-electron chi connectivity index (χ1n) is 16.9. The average Bonchev–Trinajstić information content (AvgIpc) is 3.47. The van der Waals surface area contributed by atoms with E-state index in [-0.39, 0.29) is 54.6 Å². The number of aromatic nitrogens is 1. The van der Waals surface area contributed by atoms with Crippen molar-refractivity contribution < 1.29 is 38.7 Å².